The van der Waals surface area contributed by atoms with Crippen LogP contribution < -0.4 is 5.32 Å². The Morgan fingerprint density at radius 1 is 1.28 bits per heavy atom. The van der Waals surface area contributed by atoms with Crippen LogP contribution in [0.5, 0.6) is 0 Å². The van der Waals surface area contributed by atoms with Crippen LogP contribution in [0.2, 0.25) is 0 Å². The van der Waals surface area contributed by atoms with E-state index in [4.69, 9.17) is 4.74 Å². The van der Waals surface area contributed by atoms with E-state index >= 15 is 0 Å². The van der Waals surface area contributed by atoms with E-state index < -0.39 is 0 Å². The molecule has 0 fully saturated rings. The van der Waals surface area contributed by atoms with Gasteiger partial charge in [-0.05, 0) is 34.4 Å². The molecule has 2 rings (SSSR count). The van der Waals surface area contributed by atoms with Gasteiger partial charge in [-0.25, -0.2) is 4.79 Å². The van der Waals surface area contributed by atoms with Crippen LogP contribution in [-0.4, -0.2) is 6.09 Å². The molecule has 0 aliphatic heterocycles. The minimum absolute atomic E-state index is 0.301. The summed E-state index contributed by atoms with van der Waals surface area (Å²) in [7, 11) is 0. The molecular formula is C14H15NO2S. The van der Waals surface area contributed by atoms with E-state index in [1.807, 2.05) is 42.6 Å². The second-order valence-electron chi connectivity index (χ2n) is 4.00. The van der Waals surface area contributed by atoms with E-state index in [1.54, 1.807) is 11.3 Å². The number of carbonyl (C=O) groups excluding carboxylic acids is 1. The SMILES string of the molecule is Cc1cscc1CNC(=O)OCc1ccccc1. The quantitative estimate of drug-likeness (QED) is 0.915. The van der Waals surface area contributed by atoms with Crippen molar-refractivity contribution in [2.24, 2.45) is 0 Å². The average molecular weight is 261 g/mol. The van der Waals surface area contributed by atoms with Crippen molar-refractivity contribution in [1.29, 1.82) is 0 Å². The van der Waals surface area contributed by atoms with Crippen molar-refractivity contribution in [3.63, 3.8) is 0 Å². The van der Waals surface area contributed by atoms with Gasteiger partial charge in [0.1, 0.15) is 6.61 Å². The Labute approximate surface area is 110 Å². The Balaban J connectivity index is 1.75. The summed E-state index contributed by atoms with van der Waals surface area (Å²) >= 11 is 1.64. The van der Waals surface area contributed by atoms with Gasteiger partial charge in [0, 0.05) is 6.54 Å². The fourth-order valence-corrected chi connectivity index (χ4v) is 2.37. The number of benzene rings is 1. The smallest absolute Gasteiger partial charge is 0.407 e. The van der Waals surface area contributed by atoms with Crippen molar-refractivity contribution in [2.45, 2.75) is 20.1 Å². The number of hydrogen-bond acceptors (Lipinski definition) is 3. The van der Waals surface area contributed by atoms with Crippen molar-refractivity contribution in [3.8, 4) is 0 Å². The molecule has 3 nitrogen and oxygen atoms in total. The normalized spacial score (nSPS) is 10.1. The van der Waals surface area contributed by atoms with Crippen LogP contribution in [0.25, 0.3) is 0 Å². The van der Waals surface area contributed by atoms with Crippen LogP contribution in [0.15, 0.2) is 41.1 Å². The zero-order valence-electron chi connectivity index (χ0n) is 10.2. The molecule has 0 radical (unpaired) electrons. The summed E-state index contributed by atoms with van der Waals surface area (Å²) in [5, 5.41) is 6.84. The highest BCUT2D eigenvalue weighted by molar-refractivity contribution is 7.08. The summed E-state index contributed by atoms with van der Waals surface area (Å²) in [6, 6.07) is 9.63. The van der Waals surface area contributed by atoms with Crippen LogP contribution in [0.3, 0.4) is 0 Å². The van der Waals surface area contributed by atoms with Gasteiger partial charge in [0.25, 0.3) is 0 Å². The van der Waals surface area contributed by atoms with Gasteiger partial charge in [0.2, 0.25) is 0 Å². The fourth-order valence-electron chi connectivity index (χ4n) is 1.51. The van der Waals surface area contributed by atoms with E-state index in [2.05, 4.69) is 10.7 Å². The number of amides is 1. The molecule has 0 saturated heterocycles. The standard InChI is InChI=1S/C14H15NO2S/c1-11-9-18-10-13(11)7-15-14(16)17-8-12-5-3-2-4-6-12/h2-6,9-10H,7-8H2,1H3,(H,15,16). The van der Waals surface area contributed by atoms with Gasteiger partial charge in [-0.15, -0.1) is 0 Å². The van der Waals surface area contributed by atoms with Crippen LogP contribution in [0, 0.1) is 6.92 Å². The highest BCUT2D eigenvalue weighted by Crippen LogP contribution is 2.13. The first-order chi connectivity index (χ1) is 8.75. The number of aryl methyl sites for hydroxylation is 1. The Kier molecular flexibility index (Phi) is 4.36. The number of alkyl carbamates (subject to hydrolysis) is 1. The highest BCUT2D eigenvalue weighted by atomic mass is 32.1. The molecule has 0 aliphatic carbocycles. The Hall–Kier alpha value is -1.81. The van der Waals surface area contributed by atoms with Gasteiger partial charge in [0.15, 0.2) is 0 Å². The van der Waals surface area contributed by atoms with E-state index in [0.29, 0.717) is 13.2 Å². The minimum Gasteiger partial charge on any atom is -0.445 e. The fraction of sp³-hybridized carbons (Fsp3) is 0.214. The molecule has 1 amide bonds. The lowest BCUT2D eigenvalue weighted by atomic mass is 10.2. The number of hydrogen-bond donors (Lipinski definition) is 1. The zero-order valence-corrected chi connectivity index (χ0v) is 11.0. The maximum absolute atomic E-state index is 11.5. The van der Waals surface area contributed by atoms with Crippen molar-refractivity contribution in [1.82, 2.24) is 5.32 Å². The molecule has 18 heavy (non-hydrogen) atoms. The third-order valence-corrected chi connectivity index (χ3v) is 3.51. The molecule has 0 aliphatic rings. The van der Waals surface area contributed by atoms with Crippen molar-refractivity contribution < 1.29 is 9.53 Å². The first kappa shape index (κ1) is 12.6. The first-order valence-electron chi connectivity index (χ1n) is 5.72. The molecule has 0 saturated carbocycles. The van der Waals surface area contributed by atoms with Crippen LogP contribution in [-0.2, 0) is 17.9 Å². The predicted molar refractivity (Wildman–Crippen MR) is 72.5 cm³/mol. The number of rotatable bonds is 4. The van der Waals surface area contributed by atoms with Crippen LogP contribution in [0.4, 0.5) is 4.79 Å². The molecule has 94 valence electrons. The number of carbonyl (C=O) groups is 1. The maximum Gasteiger partial charge on any atom is 0.407 e. The third kappa shape index (κ3) is 3.60. The lowest BCUT2D eigenvalue weighted by molar-refractivity contribution is 0.139. The molecule has 1 aromatic heterocycles. The minimum atomic E-state index is -0.385. The lowest BCUT2D eigenvalue weighted by Crippen LogP contribution is -2.23. The van der Waals surface area contributed by atoms with Crippen LogP contribution >= 0.6 is 11.3 Å². The summed E-state index contributed by atoms with van der Waals surface area (Å²) in [6.07, 6.45) is -0.385. The topological polar surface area (TPSA) is 38.3 Å². The van der Waals surface area contributed by atoms with Crippen molar-refractivity contribution >= 4 is 17.4 Å². The van der Waals surface area contributed by atoms with Gasteiger partial charge in [-0.3, -0.25) is 0 Å². The highest BCUT2D eigenvalue weighted by Gasteiger charge is 2.04. The van der Waals surface area contributed by atoms with Gasteiger partial charge >= 0.3 is 6.09 Å². The molecule has 0 atom stereocenters. The summed E-state index contributed by atoms with van der Waals surface area (Å²) in [6.45, 7) is 2.85. The second-order valence-corrected chi connectivity index (χ2v) is 4.74. The van der Waals surface area contributed by atoms with Gasteiger partial charge in [0.05, 0.1) is 0 Å². The second kappa shape index (κ2) is 6.21. The van der Waals surface area contributed by atoms with Crippen molar-refractivity contribution in [3.05, 3.63) is 57.8 Å². The first-order valence-corrected chi connectivity index (χ1v) is 6.66. The molecule has 1 aromatic carbocycles. The number of nitrogens with one attached hydrogen (secondary N) is 1. The van der Waals surface area contributed by atoms with Crippen LogP contribution in [0.1, 0.15) is 16.7 Å². The summed E-state index contributed by atoms with van der Waals surface area (Å²) < 4.78 is 5.12. The Morgan fingerprint density at radius 2 is 2.06 bits per heavy atom. The molecule has 1 heterocycles. The van der Waals surface area contributed by atoms with E-state index in [9.17, 15) is 4.79 Å². The van der Waals surface area contributed by atoms with Gasteiger partial charge < -0.3 is 10.1 Å². The van der Waals surface area contributed by atoms with Gasteiger partial charge in [-0.1, -0.05) is 30.3 Å². The maximum atomic E-state index is 11.5. The lowest BCUT2D eigenvalue weighted by Gasteiger charge is -2.06. The molecule has 0 bridgehead atoms. The molecule has 1 N–H and O–H groups in total. The summed E-state index contributed by atoms with van der Waals surface area (Å²) in [4.78, 5) is 11.5. The predicted octanol–water partition coefficient (Wildman–Crippen LogP) is 3.48. The monoisotopic (exact) mass is 261 g/mol. The van der Waals surface area contributed by atoms with E-state index in [0.717, 1.165) is 11.1 Å². The number of thiophene rings is 1. The van der Waals surface area contributed by atoms with Gasteiger partial charge in [-0.2, -0.15) is 11.3 Å². The van der Waals surface area contributed by atoms with E-state index in [1.165, 1.54) is 5.56 Å². The summed E-state index contributed by atoms with van der Waals surface area (Å²) in [5.41, 5.74) is 3.32. The zero-order chi connectivity index (χ0) is 12.8. The largest absolute Gasteiger partial charge is 0.445 e. The Morgan fingerprint density at radius 3 is 2.72 bits per heavy atom. The molecular weight excluding hydrogens is 246 g/mol. The molecule has 0 spiro atoms. The van der Waals surface area contributed by atoms with E-state index in [-0.39, 0.29) is 6.09 Å². The summed E-state index contributed by atoms with van der Waals surface area (Å²) in [5.74, 6) is 0. The average Bonchev–Trinajstić information content (AvgIpc) is 2.81. The Bertz CT molecular complexity index is 508. The third-order valence-electron chi connectivity index (χ3n) is 2.60. The van der Waals surface area contributed by atoms with Crippen molar-refractivity contribution in [2.75, 3.05) is 0 Å². The molecule has 4 heteroatoms. The number of ether oxygens (including phenoxy) is 1. The molecule has 0 unspecified atom stereocenters. The molecule has 2 aromatic rings.